The predicted octanol–water partition coefficient (Wildman–Crippen LogP) is 2.91. The Morgan fingerprint density at radius 1 is 1.23 bits per heavy atom. The van der Waals surface area contributed by atoms with Crippen LogP contribution in [-0.2, 0) is 9.59 Å². The van der Waals surface area contributed by atoms with E-state index in [4.69, 9.17) is 0 Å². The largest absolute Gasteiger partial charge is 0.385 e. The van der Waals surface area contributed by atoms with Crippen LogP contribution in [0.2, 0.25) is 0 Å². The van der Waals surface area contributed by atoms with E-state index in [2.05, 4.69) is 26.0 Å². The average molecular weight is 302 g/mol. The molecule has 0 unspecified atom stereocenters. The average Bonchev–Trinajstić information content (AvgIpc) is 2.75. The van der Waals surface area contributed by atoms with Crippen molar-refractivity contribution < 1.29 is 14.7 Å². The number of hydrogen-bond acceptors (Lipinski definition) is 3. The summed E-state index contributed by atoms with van der Waals surface area (Å²) in [5.41, 5.74) is -0.306. The number of allylic oxidation sites excluding steroid dienone is 2. The third-order valence-corrected chi connectivity index (χ3v) is 7.78. The molecular weight excluding hydrogens is 276 g/mol. The van der Waals surface area contributed by atoms with Crippen molar-refractivity contribution in [2.75, 3.05) is 0 Å². The van der Waals surface area contributed by atoms with Crippen LogP contribution in [0.25, 0.3) is 0 Å². The molecule has 120 valence electrons. The molecule has 0 amide bonds. The number of rotatable bonds is 0. The Labute approximate surface area is 132 Å². The summed E-state index contributed by atoms with van der Waals surface area (Å²) < 4.78 is 0. The summed E-state index contributed by atoms with van der Waals surface area (Å²) in [5, 5.41) is 10.2. The maximum absolute atomic E-state index is 12.7. The minimum atomic E-state index is -0.809. The first-order valence-corrected chi connectivity index (χ1v) is 8.66. The fraction of sp³-hybridized carbons (Fsp3) is 0.789. The van der Waals surface area contributed by atoms with Crippen molar-refractivity contribution in [1.29, 1.82) is 0 Å². The van der Waals surface area contributed by atoms with Crippen LogP contribution in [0.15, 0.2) is 12.2 Å². The highest BCUT2D eigenvalue weighted by atomic mass is 16.3. The zero-order chi connectivity index (χ0) is 15.9. The molecule has 1 spiro atoms. The summed E-state index contributed by atoms with van der Waals surface area (Å²) in [4.78, 5) is 25.0. The molecule has 3 fully saturated rings. The summed E-state index contributed by atoms with van der Waals surface area (Å²) in [6.45, 7) is 6.30. The second kappa shape index (κ2) is 4.11. The van der Waals surface area contributed by atoms with Crippen LogP contribution in [0.3, 0.4) is 0 Å². The molecule has 3 heteroatoms. The first-order valence-electron chi connectivity index (χ1n) is 8.66. The highest BCUT2D eigenvalue weighted by Crippen LogP contribution is 2.68. The second-order valence-electron chi connectivity index (χ2n) is 8.94. The normalized spacial score (nSPS) is 56.7. The topological polar surface area (TPSA) is 54.4 Å². The minimum Gasteiger partial charge on any atom is -0.385 e. The van der Waals surface area contributed by atoms with Crippen molar-refractivity contribution in [2.24, 2.45) is 34.0 Å². The molecule has 0 aromatic heterocycles. The Morgan fingerprint density at radius 3 is 2.68 bits per heavy atom. The maximum Gasteiger partial charge on any atom is 0.162 e. The number of aliphatic hydroxyl groups excluding tert-OH is 1. The van der Waals surface area contributed by atoms with E-state index in [1.54, 1.807) is 0 Å². The van der Waals surface area contributed by atoms with Gasteiger partial charge in [-0.1, -0.05) is 26.0 Å². The number of aliphatic hydroxyl groups is 1. The van der Waals surface area contributed by atoms with Crippen LogP contribution in [-0.4, -0.2) is 22.8 Å². The zero-order valence-electron chi connectivity index (χ0n) is 13.8. The lowest BCUT2D eigenvalue weighted by Crippen LogP contribution is -2.60. The summed E-state index contributed by atoms with van der Waals surface area (Å²) >= 11 is 0. The molecule has 0 aromatic carbocycles. The van der Waals surface area contributed by atoms with Gasteiger partial charge >= 0.3 is 0 Å². The molecule has 7 atom stereocenters. The molecule has 4 aliphatic carbocycles. The van der Waals surface area contributed by atoms with Gasteiger partial charge in [0.1, 0.15) is 11.9 Å². The lowest BCUT2D eigenvalue weighted by atomic mass is 9.42. The number of ketones is 2. The van der Waals surface area contributed by atoms with Crippen molar-refractivity contribution in [3.05, 3.63) is 12.2 Å². The molecule has 0 radical (unpaired) electrons. The predicted molar refractivity (Wildman–Crippen MR) is 83.0 cm³/mol. The maximum atomic E-state index is 12.7. The van der Waals surface area contributed by atoms with Crippen molar-refractivity contribution in [3.8, 4) is 0 Å². The Morgan fingerprint density at radius 2 is 1.95 bits per heavy atom. The van der Waals surface area contributed by atoms with Crippen LogP contribution in [0.5, 0.6) is 0 Å². The first kappa shape index (κ1) is 14.6. The van der Waals surface area contributed by atoms with E-state index in [1.165, 1.54) is 0 Å². The van der Waals surface area contributed by atoms with Crippen LogP contribution < -0.4 is 0 Å². The highest BCUT2D eigenvalue weighted by molar-refractivity contribution is 5.89. The smallest absolute Gasteiger partial charge is 0.162 e. The van der Waals surface area contributed by atoms with Crippen molar-refractivity contribution >= 4 is 11.6 Å². The fourth-order valence-corrected chi connectivity index (χ4v) is 6.56. The van der Waals surface area contributed by atoms with E-state index in [0.29, 0.717) is 24.5 Å². The van der Waals surface area contributed by atoms with Gasteiger partial charge in [-0.2, -0.15) is 0 Å². The SMILES string of the molecule is C[C@H]1[C@H](O)C(=O)C[C@]2(C)[C@@H]1CC[C@]13C=C[C@](C)(C1)C(=O)C[C@H]32. The summed E-state index contributed by atoms with van der Waals surface area (Å²) in [6.07, 6.45) is 7.77. The van der Waals surface area contributed by atoms with E-state index < -0.39 is 6.10 Å². The van der Waals surface area contributed by atoms with Gasteiger partial charge in [-0.25, -0.2) is 0 Å². The number of carbonyl (C=O) groups is 2. The molecule has 4 rings (SSSR count). The van der Waals surface area contributed by atoms with E-state index in [-0.39, 0.29) is 33.9 Å². The van der Waals surface area contributed by atoms with Gasteiger partial charge in [-0.15, -0.1) is 0 Å². The van der Waals surface area contributed by atoms with Gasteiger partial charge in [-0.05, 0) is 54.8 Å². The van der Waals surface area contributed by atoms with Gasteiger partial charge in [0, 0.05) is 18.3 Å². The number of fused-ring (bicyclic) bond motifs is 3. The Bertz CT molecular complexity index is 593. The van der Waals surface area contributed by atoms with Crippen LogP contribution in [0.4, 0.5) is 0 Å². The van der Waals surface area contributed by atoms with Gasteiger partial charge in [0.05, 0.1) is 0 Å². The van der Waals surface area contributed by atoms with Crippen LogP contribution in [0, 0.1) is 34.0 Å². The van der Waals surface area contributed by atoms with Crippen molar-refractivity contribution in [2.45, 2.75) is 59.0 Å². The standard InChI is InChI=1S/C19H26O3/c1-11-12-4-5-19-7-6-17(2,10-19)15(21)8-14(19)18(12,3)9-13(20)16(11)22/h6-7,11-12,14,16,22H,4-5,8-10H2,1-3H3/t11-,12-,14+,16+,17-,18-,19+/m1/s1. The van der Waals surface area contributed by atoms with Crippen LogP contribution >= 0.6 is 0 Å². The van der Waals surface area contributed by atoms with E-state index in [1.807, 2.05) is 6.92 Å². The van der Waals surface area contributed by atoms with Gasteiger partial charge in [0.2, 0.25) is 0 Å². The number of hydrogen-bond donors (Lipinski definition) is 1. The zero-order valence-corrected chi connectivity index (χ0v) is 13.8. The molecule has 0 saturated heterocycles. The molecule has 2 bridgehead atoms. The lowest BCUT2D eigenvalue weighted by molar-refractivity contribution is -0.169. The van der Waals surface area contributed by atoms with Crippen molar-refractivity contribution in [1.82, 2.24) is 0 Å². The lowest BCUT2D eigenvalue weighted by Gasteiger charge is -2.61. The highest BCUT2D eigenvalue weighted by Gasteiger charge is 2.65. The summed E-state index contributed by atoms with van der Waals surface area (Å²) in [6, 6.07) is 0. The molecule has 3 saturated carbocycles. The molecule has 1 N–H and O–H groups in total. The molecule has 22 heavy (non-hydrogen) atoms. The third kappa shape index (κ3) is 1.56. The Kier molecular flexibility index (Phi) is 2.73. The van der Waals surface area contributed by atoms with Gasteiger partial charge in [-0.3, -0.25) is 9.59 Å². The van der Waals surface area contributed by atoms with Crippen molar-refractivity contribution in [3.63, 3.8) is 0 Å². The fourth-order valence-electron chi connectivity index (χ4n) is 6.56. The number of Topliss-reactive ketones (excluding diaryl/α,β-unsaturated/α-hetero) is 2. The third-order valence-electron chi connectivity index (χ3n) is 7.78. The monoisotopic (exact) mass is 302 g/mol. The van der Waals surface area contributed by atoms with E-state index >= 15 is 0 Å². The van der Waals surface area contributed by atoms with Gasteiger partial charge in [0.25, 0.3) is 0 Å². The first-order chi connectivity index (χ1) is 10.2. The second-order valence-corrected chi connectivity index (χ2v) is 8.94. The van der Waals surface area contributed by atoms with E-state index in [9.17, 15) is 14.7 Å². The van der Waals surface area contributed by atoms with Gasteiger partial charge in [0.15, 0.2) is 5.78 Å². The van der Waals surface area contributed by atoms with Crippen LogP contribution in [0.1, 0.15) is 52.9 Å². The Hall–Kier alpha value is -0.960. The summed E-state index contributed by atoms with van der Waals surface area (Å²) in [5.74, 6) is 0.942. The minimum absolute atomic E-state index is 0.0115. The van der Waals surface area contributed by atoms with E-state index in [0.717, 1.165) is 19.3 Å². The Balaban J connectivity index is 1.78. The molecular formula is C19H26O3. The molecule has 3 nitrogen and oxygen atoms in total. The molecule has 0 heterocycles. The van der Waals surface area contributed by atoms with Gasteiger partial charge < -0.3 is 5.11 Å². The molecule has 0 aliphatic heterocycles. The quantitative estimate of drug-likeness (QED) is 0.700. The number of carbonyl (C=O) groups excluding carboxylic acids is 2. The molecule has 4 aliphatic rings. The molecule has 0 aromatic rings. The summed E-state index contributed by atoms with van der Waals surface area (Å²) in [7, 11) is 0.